The quantitative estimate of drug-likeness (QED) is 0.721. The largest absolute Gasteiger partial charge is 0.373 e. The van der Waals surface area contributed by atoms with E-state index in [4.69, 9.17) is 4.74 Å². The molecule has 1 nitrogen and oxygen atoms in total. The van der Waals surface area contributed by atoms with Gasteiger partial charge in [-0.05, 0) is 66.3 Å². The van der Waals surface area contributed by atoms with Crippen molar-refractivity contribution in [1.82, 2.24) is 0 Å². The molecule has 0 radical (unpaired) electrons. The molecule has 1 aromatic rings. The zero-order chi connectivity index (χ0) is 15.4. The first-order valence-corrected chi connectivity index (χ1v) is 9.19. The molecular formula is C21H30O. The van der Waals surface area contributed by atoms with Crippen LogP contribution >= 0.6 is 0 Å². The third kappa shape index (κ3) is 2.01. The molecular weight excluding hydrogens is 268 g/mol. The molecule has 1 heteroatoms. The Balaban J connectivity index is 1.56. The zero-order valence-corrected chi connectivity index (χ0v) is 14.3. The molecule has 0 saturated heterocycles. The van der Waals surface area contributed by atoms with Crippen LogP contribution in [0.25, 0.3) is 0 Å². The first-order valence-electron chi connectivity index (χ1n) is 9.19. The fourth-order valence-corrected chi connectivity index (χ4v) is 6.53. The maximum Gasteiger partial charge on any atom is 0.0721 e. The van der Waals surface area contributed by atoms with E-state index in [9.17, 15) is 0 Å². The summed E-state index contributed by atoms with van der Waals surface area (Å²) < 4.78 is 6.55. The van der Waals surface area contributed by atoms with Gasteiger partial charge >= 0.3 is 0 Å². The van der Waals surface area contributed by atoms with Crippen molar-refractivity contribution in [3.63, 3.8) is 0 Å². The van der Waals surface area contributed by atoms with Gasteiger partial charge in [-0.1, -0.05) is 51.1 Å². The van der Waals surface area contributed by atoms with Gasteiger partial charge in [0.05, 0.1) is 12.7 Å². The van der Waals surface area contributed by atoms with Gasteiger partial charge in [0.15, 0.2) is 0 Å². The number of hydrogen-bond donors (Lipinski definition) is 0. The highest BCUT2D eigenvalue weighted by atomic mass is 16.5. The Hall–Kier alpha value is -0.820. The number of rotatable bonds is 3. The lowest BCUT2D eigenvalue weighted by Gasteiger charge is -2.53. The van der Waals surface area contributed by atoms with E-state index < -0.39 is 0 Å². The summed E-state index contributed by atoms with van der Waals surface area (Å²) in [4.78, 5) is 0. The normalized spacial score (nSPS) is 42.3. The van der Waals surface area contributed by atoms with E-state index in [1.54, 1.807) is 0 Å². The minimum atomic E-state index is 0.332. The van der Waals surface area contributed by atoms with Crippen LogP contribution in [0.4, 0.5) is 0 Å². The molecule has 5 atom stereocenters. The average molecular weight is 298 g/mol. The average Bonchev–Trinajstić information content (AvgIpc) is 3.05. The Morgan fingerprint density at radius 1 is 1.09 bits per heavy atom. The molecule has 0 heterocycles. The van der Waals surface area contributed by atoms with Crippen molar-refractivity contribution in [2.75, 3.05) is 0 Å². The van der Waals surface area contributed by atoms with Gasteiger partial charge in [-0.2, -0.15) is 0 Å². The Morgan fingerprint density at radius 3 is 2.64 bits per heavy atom. The predicted octanol–water partition coefficient (Wildman–Crippen LogP) is 5.44. The molecule has 3 aliphatic rings. The minimum Gasteiger partial charge on any atom is -0.373 e. The lowest BCUT2D eigenvalue weighted by molar-refractivity contribution is -0.140. The summed E-state index contributed by atoms with van der Waals surface area (Å²) in [7, 11) is 0. The van der Waals surface area contributed by atoms with E-state index in [0.717, 1.165) is 24.4 Å². The molecule has 0 aromatic heterocycles. The van der Waals surface area contributed by atoms with Crippen LogP contribution in [-0.4, -0.2) is 6.10 Å². The van der Waals surface area contributed by atoms with Crippen LogP contribution in [0, 0.1) is 28.6 Å². The molecule has 0 amide bonds. The molecule has 2 bridgehead atoms. The molecule has 1 unspecified atom stereocenters. The van der Waals surface area contributed by atoms with Crippen molar-refractivity contribution in [3.05, 3.63) is 35.9 Å². The lowest BCUT2D eigenvalue weighted by Crippen LogP contribution is -2.51. The molecule has 1 aromatic carbocycles. The molecule has 3 aliphatic carbocycles. The molecule has 3 fully saturated rings. The van der Waals surface area contributed by atoms with Crippen LogP contribution in [0.5, 0.6) is 0 Å². The van der Waals surface area contributed by atoms with Gasteiger partial charge in [-0.3, -0.25) is 0 Å². The van der Waals surface area contributed by atoms with Gasteiger partial charge in [-0.15, -0.1) is 0 Å². The van der Waals surface area contributed by atoms with E-state index in [1.165, 1.54) is 37.7 Å². The second kappa shape index (κ2) is 5.09. The van der Waals surface area contributed by atoms with E-state index >= 15 is 0 Å². The highest BCUT2D eigenvalue weighted by Crippen LogP contribution is 2.69. The molecule has 0 aliphatic heterocycles. The smallest absolute Gasteiger partial charge is 0.0721 e. The number of hydrogen-bond acceptors (Lipinski definition) is 1. The Labute approximate surface area is 135 Å². The van der Waals surface area contributed by atoms with Crippen molar-refractivity contribution >= 4 is 0 Å². The van der Waals surface area contributed by atoms with Crippen LogP contribution < -0.4 is 0 Å². The van der Waals surface area contributed by atoms with Crippen molar-refractivity contribution < 1.29 is 4.74 Å². The SMILES string of the molecule is C[C@@H]1CC[C@H]2C(C)(C)C(OCc3ccccc3)[C@H]3CC[C@@]12C3. The fraction of sp³-hybridized carbons (Fsp3) is 0.714. The molecule has 4 rings (SSSR count). The molecule has 120 valence electrons. The monoisotopic (exact) mass is 298 g/mol. The van der Waals surface area contributed by atoms with Crippen LogP contribution in [0.3, 0.4) is 0 Å². The fourth-order valence-electron chi connectivity index (χ4n) is 6.53. The van der Waals surface area contributed by atoms with E-state index in [0.29, 0.717) is 16.9 Å². The third-order valence-corrected chi connectivity index (χ3v) is 7.52. The summed E-state index contributed by atoms with van der Waals surface area (Å²) in [5.41, 5.74) is 2.30. The van der Waals surface area contributed by atoms with Crippen LogP contribution in [0.2, 0.25) is 0 Å². The standard InChI is InChI=1S/C21H30O/c1-15-9-10-18-20(2,3)19(17-11-12-21(15,18)13-17)22-14-16-7-5-4-6-8-16/h4-8,15,17-19H,9-14H2,1-3H3/t15-,17+,18+,19?,21-/m1/s1. The first-order chi connectivity index (χ1) is 10.5. The van der Waals surface area contributed by atoms with Crippen LogP contribution in [-0.2, 0) is 11.3 Å². The summed E-state index contributed by atoms with van der Waals surface area (Å²) in [5.74, 6) is 2.59. The van der Waals surface area contributed by atoms with Crippen molar-refractivity contribution in [1.29, 1.82) is 0 Å². The lowest BCUT2D eigenvalue weighted by atomic mass is 9.55. The van der Waals surface area contributed by atoms with Gasteiger partial charge in [0.1, 0.15) is 0 Å². The highest BCUT2D eigenvalue weighted by Gasteiger charge is 2.64. The summed E-state index contributed by atoms with van der Waals surface area (Å²) >= 11 is 0. The number of fused-ring (bicyclic) bond motifs is 1. The topological polar surface area (TPSA) is 9.23 Å². The second-order valence-electron chi connectivity index (χ2n) is 8.81. The van der Waals surface area contributed by atoms with Crippen molar-refractivity contribution in [2.24, 2.45) is 28.6 Å². The van der Waals surface area contributed by atoms with Gasteiger partial charge < -0.3 is 4.74 Å². The second-order valence-corrected chi connectivity index (χ2v) is 8.81. The van der Waals surface area contributed by atoms with Crippen LogP contribution in [0.1, 0.15) is 58.4 Å². The maximum atomic E-state index is 6.55. The van der Waals surface area contributed by atoms with Crippen LogP contribution in [0.15, 0.2) is 30.3 Å². The molecule has 1 spiro atoms. The molecule has 0 N–H and O–H groups in total. The van der Waals surface area contributed by atoms with Gasteiger partial charge in [-0.25, -0.2) is 0 Å². The van der Waals surface area contributed by atoms with Gasteiger partial charge in [0.2, 0.25) is 0 Å². The van der Waals surface area contributed by atoms with Gasteiger partial charge in [0.25, 0.3) is 0 Å². The Kier molecular flexibility index (Phi) is 3.41. The summed E-state index contributed by atoms with van der Waals surface area (Å²) in [6.07, 6.45) is 7.58. The molecule has 22 heavy (non-hydrogen) atoms. The molecule has 3 saturated carbocycles. The third-order valence-electron chi connectivity index (χ3n) is 7.52. The predicted molar refractivity (Wildman–Crippen MR) is 90.5 cm³/mol. The summed E-state index contributed by atoms with van der Waals surface area (Å²) in [5, 5.41) is 0. The maximum absolute atomic E-state index is 6.55. The first kappa shape index (κ1) is 14.8. The minimum absolute atomic E-state index is 0.332. The summed E-state index contributed by atoms with van der Waals surface area (Å²) in [6, 6.07) is 10.7. The zero-order valence-electron chi connectivity index (χ0n) is 14.3. The van der Waals surface area contributed by atoms with E-state index in [1.807, 2.05) is 0 Å². The highest BCUT2D eigenvalue weighted by molar-refractivity contribution is 5.15. The number of ether oxygens (including phenoxy) is 1. The van der Waals surface area contributed by atoms with Gasteiger partial charge in [0, 0.05) is 0 Å². The van der Waals surface area contributed by atoms with Crippen molar-refractivity contribution in [3.8, 4) is 0 Å². The number of benzene rings is 1. The summed E-state index contributed by atoms with van der Waals surface area (Å²) in [6.45, 7) is 8.29. The van der Waals surface area contributed by atoms with Crippen molar-refractivity contribution in [2.45, 2.75) is 65.6 Å². The Morgan fingerprint density at radius 2 is 1.86 bits per heavy atom. The van der Waals surface area contributed by atoms with E-state index in [-0.39, 0.29) is 0 Å². The Bertz CT molecular complexity index is 534. The van der Waals surface area contributed by atoms with E-state index in [2.05, 4.69) is 51.1 Å².